The van der Waals surface area contributed by atoms with Gasteiger partial charge in [-0.05, 0) is 17.7 Å². The quantitative estimate of drug-likeness (QED) is 0.743. The number of rotatable bonds is 1. The zero-order valence-electron chi connectivity index (χ0n) is 11.0. The van der Waals surface area contributed by atoms with E-state index in [0.29, 0.717) is 21.6 Å². The van der Waals surface area contributed by atoms with E-state index >= 15 is 0 Å². The van der Waals surface area contributed by atoms with Gasteiger partial charge in [-0.3, -0.25) is 13.9 Å². The average Bonchev–Trinajstić information content (AvgIpc) is 2.88. The highest BCUT2D eigenvalue weighted by molar-refractivity contribution is 6.30. The number of H-pyrrole nitrogens is 1. The molecule has 20 heavy (non-hydrogen) atoms. The number of benzene rings is 1. The van der Waals surface area contributed by atoms with Crippen molar-refractivity contribution in [2.24, 2.45) is 14.1 Å². The molecule has 1 N–H and O–H groups in total. The van der Waals surface area contributed by atoms with E-state index in [-0.39, 0.29) is 11.2 Å². The van der Waals surface area contributed by atoms with Crippen LogP contribution in [0, 0.1) is 0 Å². The predicted octanol–water partition coefficient (Wildman–Crippen LogP) is 1.89. The summed E-state index contributed by atoms with van der Waals surface area (Å²) in [5.74, 6) is 0. The molecule has 0 saturated heterocycles. The van der Waals surface area contributed by atoms with Crippen molar-refractivity contribution in [2.45, 2.75) is 0 Å². The number of nitrogens with zero attached hydrogens (tertiary/aromatic N) is 2. The molecule has 2 aromatic heterocycles. The maximum Gasteiger partial charge on any atom is 0.330 e. The molecule has 3 aromatic rings. The van der Waals surface area contributed by atoms with Crippen molar-refractivity contribution >= 4 is 22.5 Å². The number of aryl methyl sites for hydroxylation is 1. The van der Waals surface area contributed by atoms with Gasteiger partial charge in [0.25, 0.3) is 5.56 Å². The Morgan fingerprint density at radius 1 is 1.05 bits per heavy atom. The molecule has 0 spiro atoms. The summed E-state index contributed by atoms with van der Waals surface area (Å²) in [5, 5.41) is 1.13. The normalized spacial score (nSPS) is 11.2. The van der Waals surface area contributed by atoms with Crippen LogP contribution in [0.5, 0.6) is 0 Å². The molecule has 0 aliphatic carbocycles. The zero-order chi connectivity index (χ0) is 14.4. The first-order valence-electron chi connectivity index (χ1n) is 6.03. The number of aromatic amines is 1. The van der Waals surface area contributed by atoms with Crippen LogP contribution in [-0.4, -0.2) is 14.1 Å². The van der Waals surface area contributed by atoms with Crippen molar-refractivity contribution in [1.82, 2.24) is 14.1 Å². The van der Waals surface area contributed by atoms with Crippen LogP contribution >= 0.6 is 11.6 Å². The number of aromatic nitrogens is 3. The molecule has 0 bridgehead atoms. The number of fused-ring (bicyclic) bond motifs is 1. The first kappa shape index (κ1) is 12.7. The van der Waals surface area contributed by atoms with E-state index in [1.165, 1.54) is 11.6 Å². The van der Waals surface area contributed by atoms with Gasteiger partial charge in [-0.1, -0.05) is 23.7 Å². The van der Waals surface area contributed by atoms with Gasteiger partial charge in [0.05, 0.1) is 16.6 Å². The second-order valence-corrected chi connectivity index (χ2v) is 5.07. The third-order valence-corrected chi connectivity index (χ3v) is 3.70. The van der Waals surface area contributed by atoms with Crippen LogP contribution in [0.3, 0.4) is 0 Å². The van der Waals surface area contributed by atoms with Gasteiger partial charge in [0.2, 0.25) is 0 Å². The van der Waals surface area contributed by atoms with Crippen LogP contribution in [0.1, 0.15) is 0 Å². The van der Waals surface area contributed by atoms with E-state index < -0.39 is 0 Å². The fourth-order valence-corrected chi connectivity index (χ4v) is 2.45. The van der Waals surface area contributed by atoms with E-state index in [0.717, 1.165) is 10.1 Å². The third kappa shape index (κ3) is 1.71. The van der Waals surface area contributed by atoms with Crippen molar-refractivity contribution in [3.63, 3.8) is 0 Å². The molecule has 0 amide bonds. The van der Waals surface area contributed by atoms with Crippen LogP contribution in [0.4, 0.5) is 0 Å². The number of hydrogen-bond donors (Lipinski definition) is 1. The first-order valence-corrected chi connectivity index (χ1v) is 6.41. The monoisotopic (exact) mass is 289 g/mol. The topological polar surface area (TPSA) is 59.8 Å². The van der Waals surface area contributed by atoms with Crippen LogP contribution in [0.15, 0.2) is 40.1 Å². The average molecular weight is 290 g/mol. The van der Waals surface area contributed by atoms with Gasteiger partial charge in [-0.25, -0.2) is 4.79 Å². The Bertz CT molecular complexity index is 916. The molecule has 1 aromatic carbocycles. The van der Waals surface area contributed by atoms with Crippen molar-refractivity contribution in [2.75, 3.05) is 0 Å². The summed E-state index contributed by atoms with van der Waals surface area (Å²) in [6.07, 6.45) is 1.67. The summed E-state index contributed by atoms with van der Waals surface area (Å²) in [4.78, 5) is 27.3. The smallest absolute Gasteiger partial charge is 0.330 e. The Balaban J connectivity index is 2.43. The van der Waals surface area contributed by atoms with Gasteiger partial charge < -0.3 is 4.98 Å². The molecule has 0 saturated carbocycles. The Morgan fingerprint density at radius 2 is 1.70 bits per heavy atom. The molecule has 0 aliphatic heterocycles. The minimum Gasteiger partial charge on any atom is -0.359 e. The second-order valence-electron chi connectivity index (χ2n) is 4.64. The van der Waals surface area contributed by atoms with Crippen molar-refractivity contribution in [1.29, 1.82) is 0 Å². The lowest BCUT2D eigenvalue weighted by Gasteiger charge is -2.05. The minimum atomic E-state index is -0.343. The van der Waals surface area contributed by atoms with Crippen LogP contribution < -0.4 is 11.2 Å². The van der Waals surface area contributed by atoms with E-state index in [2.05, 4.69) is 4.98 Å². The highest BCUT2D eigenvalue weighted by Crippen LogP contribution is 2.25. The molecular weight excluding hydrogens is 278 g/mol. The summed E-state index contributed by atoms with van der Waals surface area (Å²) >= 11 is 5.87. The lowest BCUT2D eigenvalue weighted by molar-refractivity contribution is 0.714. The van der Waals surface area contributed by atoms with E-state index in [1.54, 1.807) is 25.4 Å². The third-order valence-electron chi connectivity index (χ3n) is 3.45. The molecule has 6 heteroatoms. The molecule has 3 rings (SSSR count). The summed E-state index contributed by atoms with van der Waals surface area (Å²) in [6.45, 7) is 0. The molecule has 2 heterocycles. The first-order chi connectivity index (χ1) is 9.50. The molecule has 102 valence electrons. The van der Waals surface area contributed by atoms with Crippen molar-refractivity contribution < 1.29 is 0 Å². The molecule has 0 atom stereocenters. The Hall–Kier alpha value is -2.27. The van der Waals surface area contributed by atoms with Gasteiger partial charge in [0.1, 0.15) is 0 Å². The Kier molecular flexibility index (Phi) is 2.79. The van der Waals surface area contributed by atoms with Crippen LogP contribution in [-0.2, 0) is 14.1 Å². The highest BCUT2D eigenvalue weighted by atomic mass is 35.5. The fourth-order valence-electron chi connectivity index (χ4n) is 2.32. The number of halogens is 1. The van der Waals surface area contributed by atoms with Gasteiger partial charge >= 0.3 is 5.69 Å². The maximum atomic E-state index is 12.3. The number of nitrogens with one attached hydrogen (secondary N) is 1. The van der Waals surface area contributed by atoms with E-state index in [1.807, 2.05) is 12.1 Å². The van der Waals surface area contributed by atoms with Crippen LogP contribution in [0.25, 0.3) is 22.2 Å². The van der Waals surface area contributed by atoms with Gasteiger partial charge in [0.15, 0.2) is 0 Å². The van der Waals surface area contributed by atoms with E-state index in [9.17, 15) is 9.59 Å². The molecule has 0 unspecified atom stereocenters. The maximum absolute atomic E-state index is 12.3. The minimum absolute atomic E-state index is 0.311. The summed E-state index contributed by atoms with van der Waals surface area (Å²) in [6, 6.07) is 7.18. The lowest BCUT2D eigenvalue weighted by Crippen LogP contribution is -2.36. The summed E-state index contributed by atoms with van der Waals surface area (Å²) in [5.41, 5.74) is 1.47. The summed E-state index contributed by atoms with van der Waals surface area (Å²) in [7, 11) is 3.12. The zero-order valence-corrected chi connectivity index (χ0v) is 11.7. The highest BCUT2D eigenvalue weighted by Gasteiger charge is 2.15. The Labute approximate surface area is 119 Å². The van der Waals surface area contributed by atoms with E-state index in [4.69, 9.17) is 11.6 Å². The molecule has 0 radical (unpaired) electrons. The van der Waals surface area contributed by atoms with Gasteiger partial charge in [0, 0.05) is 25.3 Å². The molecule has 5 nitrogen and oxygen atoms in total. The van der Waals surface area contributed by atoms with Crippen molar-refractivity contribution in [3.8, 4) is 11.3 Å². The predicted molar refractivity (Wildman–Crippen MR) is 79.2 cm³/mol. The second kappa shape index (κ2) is 4.38. The van der Waals surface area contributed by atoms with Crippen molar-refractivity contribution in [3.05, 3.63) is 56.3 Å². The lowest BCUT2D eigenvalue weighted by atomic mass is 10.1. The molecule has 0 fully saturated rings. The molecule has 0 aliphatic rings. The summed E-state index contributed by atoms with van der Waals surface area (Å²) < 4.78 is 2.56. The Morgan fingerprint density at radius 3 is 2.35 bits per heavy atom. The number of hydrogen-bond acceptors (Lipinski definition) is 2. The van der Waals surface area contributed by atoms with Crippen LogP contribution in [0.2, 0.25) is 5.02 Å². The standard InChI is InChI=1S/C14H12ClN3O2/c1-17-10-7-16-12(8-3-5-9(15)6-4-8)11(10)13(19)18(2)14(17)20/h3-7,16H,1-2H3. The van der Waals surface area contributed by atoms with Gasteiger partial charge in [-0.15, -0.1) is 0 Å². The largest absolute Gasteiger partial charge is 0.359 e. The molecular formula is C14H12ClN3O2. The van der Waals surface area contributed by atoms with Gasteiger partial charge in [-0.2, -0.15) is 0 Å². The fraction of sp³-hybridized carbons (Fsp3) is 0.143. The SMILES string of the molecule is Cn1c(=O)c2c(-c3ccc(Cl)cc3)[nH]cc2n(C)c1=O.